The molecular weight excluding hydrogens is 525 g/mol. The number of sulfonamides is 1. The highest BCUT2D eigenvalue weighted by atomic mass is 35.5. The van der Waals surface area contributed by atoms with Gasteiger partial charge < -0.3 is 15.4 Å². The maximum Gasteiger partial charge on any atom is 0.262 e. The first-order chi connectivity index (χ1) is 15.9. The first kappa shape index (κ1) is 25.8. The second-order valence-corrected chi connectivity index (χ2v) is 9.89. The van der Waals surface area contributed by atoms with Crippen LogP contribution in [0.2, 0.25) is 15.1 Å². The van der Waals surface area contributed by atoms with Crippen LogP contribution in [0.5, 0.6) is 5.75 Å². The third-order valence-electron chi connectivity index (χ3n) is 4.53. The van der Waals surface area contributed by atoms with E-state index >= 15 is 0 Å². The molecule has 0 aliphatic rings. The Bertz CT molecular complexity index is 1380. The van der Waals surface area contributed by atoms with Gasteiger partial charge in [-0.1, -0.05) is 34.8 Å². The zero-order valence-electron chi connectivity index (χ0n) is 17.6. The molecule has 0 unspecified atom stereocenters. The summed E-state index contributed by atoms with van der Waals surface area (Å²) in [5.74, 6) is -0.793. The topological polar surface area (TPSA) is 128 Å². The second-order valence-electron chi connectivity index (χ2n) is 7.08. The number of rotatable bonds is 7. The fourth-order valence-corrected chi connectivity index (χ4v) is 3.91. The molecule has 4 N–H and O–H groups in total. The summed E-state index contributed by atoms with van der Waals surface area (Å²) in [6, 6.07) is 13.0. The van der Waals surface area contributed by atoms with E-state index in [1.165, 1.54) is 48.5 Å². The average molecular weight is 543 g/mol. The van der Waals surface area contributed by atoms with Gasteiger partial charge in [0.15, 0.2) is 6.61 Å². The molecule has 0 aromatic heterocycles. The SMILES string of the molecule is Cc1cc(S(N)(=O)=O)ccc1NC(=O)COc1ccc(Cl)cc1NC(=O)c1ccc(Cl)c(Cl)c1. The molecule has 3 aromatic carbocycles. The minimum atomic E-state index is -3.86. The molecule has 0 aliphatic carbocycles. The lowest BCUT2D eigenvalue weighted by atomic mass is 10.2. The van der Waals surface area contributed by atoms with Gasteiger partial charge in [-0.25, -0.2) is 13.6 Å². The summed E-state index contributed by atoms with van der Waals surface area (Å²) in [4.78, 5) is 24.9. The molecule has 0 radical (unpaired) electrons. The van der Waals surface area contributed by atoms with Crippen LogP contribution in [0.15, 0.2) is 59.5 Å². The van der Waals surface area contributed by atoms with Gasteiger partial charge in [-0.15, -0.1) is 0 Å². The summed E-state index contributed by atoms with van der Waals surface area (Å²) in [6.45, 7) is 1.23. The Kier molecular flexibility index (Phi) is 8.06. The fourth-order valence-electron chi connectivity index (χ4n) is 2.84. The van der Waals surface area contributed by atoms with Crippen LogP contribution >= 0.6 is 34.8 Å². The van der Waals surface area contributed by atoms with Gasteiger partial charge in [-0.2, -0.15) is 0 Å². The molecule has 0 heterocycles. The van der Waals surface area contributed by atoms with Crippen molar-refractivity contribution < 1.29 is 22.7 Å². The number of nitrogens with one attached hydrogen (secondary N) is 2. The number of aryl methyl sites for hydroxylation is 1. The third-order valence-corrected chi connectivity index (χ3v) is 6.42. The number of anilines is 2. The molecular formula is C22H18Cl3N3O5S. The van der Waals surface area contributed by atoms with Gasteiger partial charge >= 0.3 is 0 Å². The van der Waals surface area contributed by atoms with E-state index < -0.39 is 28.4 Å². The minimum absolute atomic E-state index is 0.0669. The quantitative estimate of drug-likeness (QED) is 0.392. The number of hydrogen-bond acceptors (Lipinski definition) is 5. The van der Waals surface area contributed by atoms with E-state index in [0.29, 0.717) is 21.3 Å². The number of nitrogens with two attached hydrogens (primary N) is 1. The maximum absolute atomic E-state index is 12.6. The summed E-state index contributed by atoms with van der Waals surface area (Å²) < 4.78 is 28.5. The van der Waals surface area contributed by atoms with E-state index in [1.54, 1.807) is 13.0 Å². The number of halogens is 3. The minimum Gasteiger partial charge on any atom is -0.482 e. The van der Waals surface area contributed by atoms with Crippen molar-refractivity contribution in [2.24, 2.45) is 5.14 Å². The van der Waals surface area contributed by atoms with Gasteiger partial charge in [0.05, 0.1) is 20.6 Å². The predicted octanol–water partition coefficient (Wildman–Crippen LogP) is 4.87. The van der Waals surface area contributed by atoms with Crippen LogP contribution in [0.3, 0.4) is 0 Å². The number of amides is 2. The van der Waals surface area contributed by atoms with Gasteiger partial charge in [-0.3, -0.25) is 9.59 Å². The lowest BCUT2D eigenvalue weighted by Gasteiger charge is -2.14. The molecule has 0 saturated heterocycles. The van der Waals surface area contributed by atoms with Crippen molar-refractivity contribution in [1.29, 1.82) is 0 Å². The van der Waals surface area contributed by atoms with Crippen molar-refractivity contribution in [2.45, 2.75) is 11.8 Å². The van der Waals surface area contributed by atoms with E-state index in [9.17, 15) is 18.0 Å². The van der Waals surface area contributed by atoms with Crippen LogP contribution in [-0.2, 0) is 14.8 Å². The number of carbonyl (C=O) groups is 2. The van der Waals surface area contributed by atoms with E-state index in [0.717, 1.165) is 0 Å². The zero-order valence-corrected chi connectivity index (χ0v) is 20.6. The van der Waals surface area contributed by atoms with Crippen molar-refractivity contribution in [3.05, 3.63) is 80.8 Å². The molecule has 0 fully saturated rings. The number of primary sulfonamides is 1. The standard InChI is InChI=1S/C22H18Cl3N3O5S/c1-12-8-15(34(26,31)32)4-6-18(12)27-21(29)11-33-20-7-3-14(23)10-19(20)28-22(30)13-2-5-16(24)17(25)9-13/h2-10H,11H2,1H3,(H,27,29)(H,28,30)(H2,26,31,32). The molecule has 34 heavy (non-hydrogen) atoms. The second kappa shape index (κ2) is 10.6. The molecule has 3 rings (SSSR count). The fraction of sp³-hybridized carbons (Fsp3) is 0.0909. The molecule has 0 bridgehead atoms. The van der Waals surface area contributed by atoms with Crippen LogP contribution in [0.4, 0.5) is 11.4 Å². The van der Waals surface area contributed by atoms with Gasteiger partial charge in [0.25, 0.3) is 11.8 Å². The smallest absolute Gasteiger partial charge is 0.262 e. The molecule has 3 aromatic rings. The van der Waals surface area contributed by atoms with Crippen LogP contribution in [0.1, 0.15) is 15.9 Å². The molecule has 178 valence electrons. The zero-order chi connectivity index (χ0) is 25.0. The van der Waals surface area contributed by atoms with Crippen LogP contribution in [0.25, 0.3) is 0 Å². The summed E-state index contributed by atoms with van der Waals surface area (Å²) >= 11 is 17.9. The van der Waals surface area contributed by atoms with E-state index in [1.807, 2.05) is 0 Å². The summed E-state index contributed by atoms with van der Waals surface area (Å²) in [7, 11) is -3.86. The molecule has 0 spiro atoms. The maximum atomic E-state index is 12.6. The number of benzene rings is 3. The predicted molar refractivity (Wildman–Crippen MR) is 133 cm³/mol. The van der Waals surface area contributed by atoms with Gasteiger partial charge in [0.1, 0.15) is 5.75 Å². The molecule has 12 heteroatoms. The van der Waals surface area contributed by atoms with Gasteiger partial charge in [0.2, 0.25) is 10.0 Å². The molecule has 0 atom stereocenters. The summed E-state index contributed by atoms with van der Waals surface area (Å²) in [6.07, 6.45) is 0. The van der Waals surface area contributed by atoms with Gasteiger partial charge in [-0.05, 0) is 67.1 Å². The Morgan fingerprint density at radius 3 is 2.29 bits per heavy atom. The molecule has 0 saturated carbocycles. The molecule has 2 amide bonds. The lowest BCUT2D eigenvalue weighted by Crippen LogP contribution is -2.21. The van der Waals surface area contributed by atoms with Gasteiger partial charge in [0, 0.05) is 16.3 Å². The Balaban J connectivity index is 1.70. The van der Waals surface area contributed by atoms with Crippen molar-refractivity contribution in [3.8, 4) is 5.75 Å². The Labute approximate surface area is 211 Å². The van der Waals surface area contributed by atoms with E-state index in [2.05, 4.69) is 10.6 Å². The largest absolute Gasteiger partial charge is 0.482 e. The highest BCUT2D eigenvalue weighted by Crippen LogP contribution is 2.29. The Hall–Kier alpha value is -2.82. The van der Waals surface area contributed by atoms with E-state index in [-0.39, 0.29) is 26.9 Å². The van der Waals surface area contributed by atoms with Crippen LogP contribution in [0, 0.1) is 6.92 Å². The number of hydrogen-bond donors (Lipinski definition) is 3. The lowest BCUT2D eigenvalue weighted by molar-refractivity contribution is -0.118. The summed E-state index contributed by atoms with van der Waals surface area (Å²) in [5, 5.41) is 11.3. The Morgan fingerprint density at radius 1 is 0.912 bits per heavy atom. The molecule has 0 aliphatic heterocycles. The van der Waals surface area contributed by atoms with Crippen LogP contribution < -0.4 is 20.5 Å². The van der Waals surface area contributed by atoms with Crippen molar-refractivity contribution in [3.63, 3.8) is 0 Å². The summed E-state index contributed by atoms with van der Waals surface area (Å²) in [5.41, 5.74) is 1.40. The Morgan fingerprint density at radius 2 is 1.65 bits per heavy atom. The van der Waals surface area contributed by atoms with Crippen LogP contribution in [-0.4, -0.2) is 26.8 Å². The highest BCUT2D eigenvalue weighted by Gasteiger charge is 2.15. The normalized spacial score (nSPS) is 11.1. The number of carbonyl (C=O) groups excluding carboxylic acids is 2. The van der Waals surface area contributed by atoms with E-state index in [4.69, 9.17) is 44.7 Å². The van der Waals surface area contributed by atoms with Crippen molar-refractivity contribution in [2.75, 3.05) is 17.2 Å². The molecule has 8 nitrogen and oxygen atoms in total. The average Bonchev–Trinajstić information content (AvgIpc) is 2.75. The highest BCUT2D eigenvalue weighted by molar-refractivity contribution is 7.89. The monoisotopic (exact) mass is 541 g/mol. The number of ether oxygens (including phenoxy) is 1. The third kappa shape index (κ3) is 6.62. The van der Waals surface area contributed by atoms with Crippen molar-refractivity contribution in [1.82, 2.24) is 0 Å². The first-order valence-electron chi connectivity index (χ1n) is 9.56. The first-order valence-corrected chi connectivity index (χ1v) is 12.2. The van der Waals surface area contributed by atoms with Crippen molar-refractivity contribution >= 4 is 68.0 Å².